The molecule has 0 radical (unpaired) electrons. The van der Waals surface area contributed by atoms with E-state index in [1.807, 2.05) is 6.92 Å². The quantitative estimate of drug-likeness (QED) is 0.868. The highest BCUT2D eigenvalue weighted by Crippen LogP contribution is 2.08. The second kappa shape index (κ2) is 6.38. The standard InChI is InChI=1S/C13H18N2O4/c1-2-10-9-15(5-7-18-10)12(16)8-14-13(17)11-4-3-6-19-11/h3-4,6,10H,2,5,7-9H2,1H3,(H,14,17). The first-order valence-electron chi connectivity index (χ1n) is 6.41. The van der Waals surface area contributed by atoms with E-state index >= 15 is 0 Å². The molecule has 1 saturated heterocycles. The topological polar surface area (TPSA) is 71.8 Å². The summed E-state index contributed by atoms with van der Waals surface area (Å²) in [4.78, 5) is 25.3. The van der Waals surface area contributed by atoms with E-state index in [4.69, 9.17) is 9.15 Å². The van der Waals surface area contributed by atoms with E-state index in [1.54, 1.807) is 17.0 Å². The summed E-state index contributed by atoms with van der Waals surface area (Å²) in [5.74, 6) is -0.262. The molecule has 0 saturated carbocycles. The second-order valence-corrected chi connectivity index (χ2v) is 4.40. The molecule has 19 heavy (non-hydrogen) atoms. The van der Waals surface area contributed by atoms with Gasteiger partial charge in [0.2, 0.25) is 5.91 Å². The number of furan rings is 1. The Bertz CT molecular complexity index is 430. The summed E-state index contributed by atoms with van der Waals surface area (Å²) in [5, 5.41) is 2.55. The van der Waals surface area contributed by atoms with Gasteiger partial charge in [0.15, 0.2) is 5.76 Å². The molecule has 1 aliphatic heterocycles. The molecule has 1 aromatic rings. The molecular weight excluding hydrogens is 248 g/mol. The third-order valence-corrected chi connectivity index (χ3v) is 3.09. The summed E-state index contributed by atoms with van der Waals surface area (Å²) >= 11 is 0. The minimum Gasteiger partial charge on any atom is -0.459 e. The van der Waals surface area contributed by atoms with E-state index in [-0.39, 0.29) is 30.2 Å². The molecule has 1 unspecified atom stereocenters. The van der Waals surface area contributed by atoms with Crippen LogP contribution in [0.1, 0.15) is 23.9 Å². The Morgan fingerprint density at radius 2 is 2.37 bits per heavy atom. The first-order chi connectivity index (χ1) is 9.20. The summed E-state index contributed by atoms with van der Waals surface area (Å²) in [6.45, 7) is 3.72. The molecule has 6 heteroatoms. The lowest BCUT2D eigenvalue weighted by molar-refractivity contribution is -0.137. The number of nitrogens with zero attached hydrogens (tertiary/aromatic N) is 1. The molecule has 2 amide bonds. The molecule has 0 aromatic carbocycles. The zero-order valence-corrected chi connectivity index (χ0v) is 10.9. The third kappa shape index (κ3) is 3.57. The molecule has 0 spiro atoms. The molecule has 1 atom stereocenters. The van der Waals surface area contributed by atoms with Gasteiger partial charge in [0, 0.05) is 13.1 Å². The van der Waals surface area contributed by atoms with Gasteiger partial charge in [-0.3, -0.25) is 9.59 Å². The highest BCUT2D eigenvalue weighted by Gasteiger charge is 2.23. The lowest BCUT2D eigenvalue weighted by Gasteiger charge is -2.32. The van der Waals surface area contributed by atoms with Gasteiger partial charge in [0.05, 0.1) is 25.5 Å². The van der Waals surface area contributed by atoms with Crippen LogP contribution in [0.3, 0.4) is 0 Å². The van der Waals surface area contributed by atoms with E-state index in [0.717, 1.165) is 6.42 Å². The van der Waals surface area contributed by atoms with Gasteiger partial charge in [-0.2, -0.15) is 0 Å². The molecule has 1 aromatic heterocycles. The molecule has 6 nitrogen and oxygen atoms in total. The minimum atomic E-state index is -0.376. The van der Waals surface area contributed by atoms with Gasteiger partial charge in [-0.05, 0) is 18.6 Å². The summed E-state index contributed by atoms with van der Waals surface area (Å²) in [5.41, 5.74) is 0. The third-order valence-electron chi connectivity index (χ3n) is 3.09. The largest absolute Gasteiger partial charge is 0.459 e. The predicted molar refractivity (Wildman–Crippen MR) is 67.7 cm³/mol. The molecule has 1 fully saturated rings. The Morgan fingerprint density at radius 1 is 1.53 bits per heavy atom. The number of hydrogen-bond acceptors (Lipinski definition) is 4. The van der Waals surface area contributed by atoms with E-state index in [0.29, 0.717) is 19.7 Å². The fourth-order valence-electron chi connectivity index (χ4n) is 1.96. The normalized spacial score (nSPS) is 19.2. The van der Waals surface area contributed by atoms with Gasteiger partial charge in [-0.1, -0.05) is 6.92 Å². The number of carbonyl (C=O) groups excluding carboxylic acids is 2. The van der Waals surface area contributed by atoms with Crippen molar-refractivity contribution in [1.29, 1.82) is 0 Å². The summed E-state index contributed by atoms with van der Waals surface area (Å²) in [6.07, 6.45) is 2.39. The number of hydrogen-bond donors (Lipinski definition) is 1. The van der Waals surface area contributed by atoms with Gasteiger partial charge >= 0.3 is 0 Å². The number of nitrogens with one attached hydrogen (secondary N) is 1. The van der Waals surface area contributed by atoms with Crippen molar-refractivity contribution in [1.82, 2.24) is 10.2 Å². The van der Waals surface area contributed by atoms with E-state index in [9.17, 15) is 9.59 Å². The fraction of sp³-hybridized carbons (Fsp3) is 0.538. The highest BCUT2D eigenvalue weighted by molar-refractivity contribution is 5.94. The Morgan fingerprint density at radius 3 is 3.05 bits per heavy atom. The fourth-order valence-corrected chi connectivity index (χ4v) is 1.96. The monoisotopic (exact) mass is 266 g/mol. The van der Waals surface area contributed by atoms with Crippen molar-refractivity contribution in [2.75, 3.05) is 26.2 Å². The summed E-state index contributed by atoms with van der Waals surface area (Å²) in [6, 6.07) is 3.19. The van der Waals surface area contributed by atoms with E-state index < -0.39 is 0 Å². The van der Waals surface area contributed by atoms with Crippen LogP contribution in [-0.4, -0.2) is 49.1 Å². The number of amides is 2. The molecule has 2 heterocycles. The molecule has 1 aliphatic rings. The van der Waals surface area contributed by atoms with Gasteiger partial charge in [0.25, 0.3) is 5.91 Å². The molecular formula is C13H18N2O4. The number of morpholine rings is 1. The molecule has 104 valence electrons. The zero-order valence-electron chi connectivity index (χ0n) is 10.9. The molecule has 0 aliphatic carbocycles. The van der Waals surface area contributed by atoms with Crippen LogP contribution in [0.4, 0.5) is 0 Å². The van der Waals surface area contributed by atoms with Crippen LogP contribution in [0.5, 0.6) is 0 Å². The van der Waals surface area contributed by atoms with Crippen molar-refractivity contribution >= 4 is 11.8 Å². The van der Waals surface area contributed by atoms with Crippen molar-refractivity contribution < 1.29 is 18.7 Å². The number of carbonyl (C=O) groups is 2. The SMILES string of the molecule is CCC1CN(C(=O)CNC(=O)c2ccco2)CCO1. The second-order valence-electron chi connectivity index (χ2n) is 4.40. The van der Waals surface area contributed by atoms with Gasteiger partial charge in [-0.25, -0.2) is 0 Å². The van der Waals surface area contributed by atoms with Gasteiger partial charge in [0.1, 0.15) is 0 Å². The van der Waals surface area contributed by atoms with Gasteiger partial charge in [-0.15, -0.1) is 0 Å². The Labute approximate surface area is 111 Å². The van der Waals surface area contributed by atoms with Crippen molar-refractivity contribution in [2.45, 2.75) is 19.4 Å². The van der Waals surface area contributed by atoms with E-state index in [1.165, 1.54) is 6.26 Å². The maximum absolute atomic E-state index is 12.0. The average molecular weight is 266 g/mol. The highest BCUT2D eigenvalue weighted by atomic mass is 16.5. The van der Waals surface area contributed by atoms with Crippen LogP contribution in [0.25, 0.3) is 0 Å². The summed E-state index contributed by atoms with van der Waals surface area (Å²) < 4.78 is 10.4. The first kappa shape index (κ1) is 13.6. The lowest BCUT2D eigenvalue weighted by atomic mass is 10.2. The first-order valence-corrected chi connectivity index (χ1v) is 6.41. The molecule has 1 N–H and O–H groups in total. The van der Waals surface area contributed by atoms with Crippen LogP contribution in [0, 0.1) is 0 Å². The van der Waals surface area contributed by atoms with Crippen molar-refractivity contribution in [2.24, 2.45) is 0 Å². The number of ether oxygens (including phenoxy) is 1. The Kier molecular flexibility index (Phi) is 4.57. The number of rotatable bonds is 4. The molecule has 2 rings (SSSR count). The van der Waals surface area contributed by atoms with Crippen LogP contribution >= 0.6 is 0 Å². The smallest absolute Gasteiger partial charge is 0.287 e. The van der Waals surface area contributed by atoms with Gasteiger partial charge < -0.3 is 19.4 Å². The van der Waals surface area contributed by atoms with Crippen molar-refractivity contribution in [3.63, 3.8) is 0 Å². The molecule has 0 bridgehead atoms. The maximum atomic E-state index is 12.0. The summed E-state index contributed by atoms with van der Waals surface area (Å²) in [7, 11) is 0. The zero-order chi connectivity index (χ0) is 13.7. The maximum Gasteiger partial charge on any atom is 0.287 e. The van der Waals surface area contributed by atoms with Crippen molar-refractivity contribution in [3.05, 3.63) is 24.2 Å². The average Bonchev–Trinajstić information content (AvgIpc) is 2.98. The Balaban J connectivity index is 1.79. The van der Waals surface area contributed by atoms with Crippen LogP contribution in [0.2, 0.25) is 0 Å². The minimum absolute atomic E-state index is 0.0179. The lowest BCUT2D eigenvalue weighted by Crippen LogP contribution is -2.48. The van der Waals surface area contributed by atoms with Crippen LogP contribution in [-0.2, 0) is 9.53 Å². The predicted octanol–water partition coefficient (Wildman–Crippen LogP) is 0.647. The van der Waals surface area contributed by atoms with Crippen LogP contribution in [0.15, 0.2) is 22.8 Å². The van der Waals surface area contributed by atoms with E-state index in [2.05, 4.69) is 5.32 Å². The van der Waals surface area contributed by atoms with Crippen LogP contribution < -0.4 is 5.32 Å². The van der Waals surface area contributed by atoms with Crippen molar-refractivity contribution in [3.8, 4) is 0 Å². The Hall–Kier alpha value is -1.82.